The lowest BCUT2D eigenvalue weighted by Gasteiger charge is -2.00. The topological polar surface area (TPSA) is 27.7 Å². The Labute approximate surface area is 63.8 Å². The minimum absolute atomic E-state index is 0.126. The van der Waals surface area contributed by atoms with Gasteiger partial charge in [-0.15, -0.1) is 0 Å². The second kappa shape index (κ2) is 8.46. The molecule has 0 aliphatic carbocycles. The Morgan fingerprint density at radius 1 is 0.778 bits per heavy atom. The van der Waals surface area contributed by atoms with Crippen molar-refractivity contribution in [3.05, 3.63) is 0 Å². The Morgan fingerprint density at radius 3 is 1.56 bits per heavy atom. The molecule has 0 heterocycles. The first-order chi connectivity index (χ1) is 4.41. The van der Waals surface area contributed by atoms with E-state index in [9.17, 15) is 0 Å². The predicted molar refractivity (Wildman–Crippen MR) is 34.4 cm³/mol. The van der Waals surface area contributed by atoms with E-state index in [1.165, 1.54) is 0 Å². The normalized spacial score (nSPS) is 10.0. The molecule has 0 aromatic rings. The summed E-state index contributed by atoms with van der Waals surface area (Å²) in [5.41, 5.74) is 0. The van der Waals surface area contributed by atoms with E-state index in [0.29, 0.717) is 0 Å². The maximum absolute atomic E-state index is 5.15. The van der Waals surface area contributed by atoms with E-state index in [1.54, 1.807) is 0 Å². The summed E-state index contributed by atoms with van der Waals surface area (Å²) >= 11 is 10.3. The van der Waals surface area contributed by atoms with Gasteiger partial charge in [0, 0.05) is 0 Å². The molecule has 0 atom stereocenters. The van der Waals surface area contributed by atoms with Crippen LogP contribution in [0, 0.1) is 0 Å². The van der Waals surface area contributed by atoms with Crippen molar-refractivity contribution in [2.24, 2.45) is 0 Å². The van der Waals surface area contributed by atoms with E-state index in [1.807, 2.05) is 0 Å². The van der Waals surface area contributed by atoms with E-state index in [2.05, 4.69) is 9.47 Å². The van der Waals surface area contributed by atoms with Crippen molar-refractivity contribution in [1.82, 2.24) is 0 Å². The van der Waals surface area contributed by atoms with Gasteiger partial charge in [-0.1, -0.05) is 23.2 Å². The van der Waals surface area contributed by atoms with Gasteiger partial charge in [0.2, 0.25) is 0 Å². The number of alkyl halides is 2. The van der Waals surface area contributed by atoms with Gasteiger partial charge >= 0.3 is 0 Å². The molecule has 0 aliphatic heterocycles. The molecule has 0 saturated heterocycles. The third-order valence-electron chi connectivity index (χ3n) is 0.488. The van der Waals surface area contributed by atoms with Crippen LogP contribution in [0.15, 0.2) is 0 Å². The quantitative estimate of drug-likeness (QED) is 0.346. The molecule has 0 N–H and O–H groups in total. The van der Waals surface area contributed by atoms with Gasteiger partial charge in [-0.05, 0) is 0 Å². The van der Waals surface area contributed by atoms with Gasteiger partial charge in [0.15, 0.2) is 13.6 Å². The first-order valence-electron chi connectivity index (χ1n) is 2.27. The fourth-order valence-electron chi connectivity index (χ4n) is 0.215. The van der Waals surface area contributed by atoms with Crippen LogP contribution in [0.2, 0.25) is 0 Å². The van der Waals surface area contributed by atoms with Gasteiger partial charge in [0.1, 0.15) is 12.1 Å². The number of halogens is 2. The van der Waals surface area contributed by atoms with Gasteiger partial charge in [0.05, 0.1) is 0 Å². The predicted octanol–water partition coefficient (Wildman–Crippen LogP) is 1.34. The standard InChI is InChI=1S/C4H8Cl2O3/c5-1-7-3-9-4-8-2-6/h1-4H2. The maximum Gasteiger partial charge on any atom is 0.151 e. The molecule has 0 aromatic carbocycles. The second-order valence-electron chi connectivity index (χ2n) is 1.07. The summed E-state index contributed by atoms with van der Waals surface area (Å²) in [6.07, 6.45) is 0. The molecule has 5 heteroatoms. The van der Waals surface area contributed by atoms with Gasteiger partial charge in [-0.25, -0.2) is 0 Å². The van der Waals surface area contributed by atoms with E-state index < -0.39 is 0 Å². The lowest BCUT2D eigenvalue weighted by molar-refractivity contribution is -0.115. The number of hydrogen-bond donors (Lipinski definition) is 0. The zero-order valence-electron chi connectivity index (χ0n) is 4.81. The summed E-state index contributed by atoms with van der Waals surface area (Å²) < 4.78 is 13.9. The Morgan fingerprint density at radius 2 is 1.22 bits per heavy atom. The molecular formula is C4H8Cl2O3. The molecule has 0 rings (SSSR count). The van der Waals surface area contributed by atoms with Gasteiger partial charge in [-0.2, -0.15) is 0 Å². The van der Waals surface area contributed by atoms with Crippen molar-refractivity contribution in [1.29, 1.82) is 0 Å². The highest BCUT2D eigenvalue weighted by molar-refractivity contribution is 6.17. The van der Waals surface area contributed by atoms with E-state index in [4.69, 9.17) is 27.9 Å². The minimum Gasteiger partial charge on any atom is -0.340 e. The molecule has 9 heavy (non-hydrogen) atoms. The first kappa shape index (κ1) is 9.46. The van der Waals surface area contributed by atoms with Crippen LogP contribution < -0.4 is 0 Å². The molecule has 0 aliphatic rings. The molecule has 0 spiro atoms. The van der Waals surface area contributed by atoms with Crippen LogP contribution >= 0.6 is 23.2 Å². The van der Waals surface area contributed by atoms with Gasteiger partial charge in [0.25, 0.3) is 0 Å². The smallest absolute Gasteiger partial charge is 0.151 e. The molecule has 0 amide bonds. The van der Waals surface area contributed by atoms with E-state index in [-0.39, 0.29) is 25.7 Å². The molecule has 0 aromatic heterocycles. The Balaban J connectivity index is 2.60. The summed E-state index contributed by atoms with van der Waals surface area (Å²) in [6, 6.07) is 0.252. The van der Waals surface area contributed by atoms with Crippen LogP contribution in [0.3, 0.4) is 0 Å². The van der Waals surface area contributed by atoms with E-state index >= 15 is 0 Å². The average Bonchev–Trinajstić information content (AvgIpc) is 1.89. The Bertz CT molecular complexity index is 47.1. The summed E-state index contributed by atoms with van der Waals surface area (Å²) in [5.74, 6) is 0. The number of ether oxygens (including phenoxy) is 3. The number of rotatable bonds is 6. The SMILES string of the molecule is ClCOCOCOCCl. The first-order valence-corrected chi connectivity index (χ1v) is 3.34. The molecule has 0 radical (unpaired) electrons. The maximum atomic E-state index is 5.15. The Kier molecular flexibility index (Phi) is 8.89. The molecular weight excluding hydrogens is 167 g/mol. The van der Waals surface area contributed by atoms with Crippen LogP contribution in [0.1, 0.15) is 0 Å². The molecule has 0 saturated carbocycles. The van der Waals surface area contributed by atoms with Gasteiger partial charge < -0.3 is 14.2 Å². The monoisotopic (exact) mass is 174 g/mol. The molecule has 0 unspecified atom stereocenters. The summed E-state index contributed by atoms with van der Waals surface area (Å²) in [4.78, 5) is 0. The highest BCUT2D eigenvalue weighted by Crippen LogP contribution is 1.83. The number of hydrogen-bond acceptors (Lipinski definition) is 3. The fraction of sp³-hybridized carbons (Fsp3) is 1.00. The zero-order valence-corrected chi connectivity index (χ0v) is 6.32. The van der Waals surface area contributed by atoms with Crippen molar-refractivity contribution in [2.45, 2.75) is 0 Å². The average molecular weight is 175 g/mol. The van der Waals surface area contributed by atoms with Crippen LogP contribution in [0.4, 0.5) is 0 Å². The van der Waals surface area contributed by atoms with Crippen LogP contribution in [-0.2, 0) is 14.2 Å². The molecule has 0 bridgehead atoms. The van der Waals surface area contributed by atoms with Crippen LogP contribution in [0.25, 0.3) is 0 Å². The van der Waals surface area contributed by atoms with E-state index in [0.717, 1.165) is 0 Å². The fourth-order valence-corrected chi connectivity index (χ4v) is 0.341. The summed E-state index contributed by atoms with van der Waals surface area (Å²) in [6.45, 7) is 0.279. The van der Waals surface area contributed by atoms with Crippen molar-refractivity contribution >= 4 is 23.2 Å². The lowest BCUT2D eigenvalue weighted by atomic mass is 11.3. The van der Waals surface area contributed by atoms with Crippen molar-refractivity contribution in [3.8, 4) is 0 Å². The van der Waals surface area contributed by atoms with Crippen LogP contribution in [-0.4, -0.2) is 25.7 Å². The molecule has 3 nitrogen and oxygen atoms in total. The third kappa shape index (κ3) is 8.46. The van der Waals surface area contributed by atoms with Crippen LogP contribution in [0.5, 0.6) is 0 Å². The molecule has 56 valence electrons. The Hall–Kier alpha value is 0.460. The summed E-state index contributed by atoms with van der Waals surface area (Å²) in [5, 5.41) is 0. The van der Waals surface area contributed by atoms with Gasteiger partial charge in [-0.3, -0.25) is 0 Å². The third-order valence-corrected chi connectivity index (χ3v) is 0.796. The van der Waals surface area contributed by atoms with Crippen molar-refractivity contribution < 1.29 is 14.2 Å². The summed E-state index contributed by atoms with van der Waals surface area (Å²) in [7, 11) is 0. The second-order valence-corrected chi connectivity index (χ2v) is 1.50. The minimum atomic E-state index is 0.126. The largest absolute Gasteiger partial charge is 0.340 e. The molecule has 0 fully saturated rings. The highest BCUT2D eigenvalue weighted by atomic mass is 35.5. The highest BCUT2D eigenvalue weighted by Gasteiger charge is 1.84. The lowest BCUT2D eigenvalue weighted by Crippen LogP contribution is -2.02. The zero-order chi connectivity index (χ0) is 6.95. The van der Waals surface area contributed by atoms with Crippen molar-refractivity contribution in [2.75, 3.05) is 25.7 Å². The van der Waals surface area contributed by atoms with Crippen molar-refractivity contribution in [3.63, 3.8) is 0 Å².